The van der Waals surface area contributed by atoms with Crippen LogP contribution in [0.1, 0.15) is 39.5 Å². The van der Waals surface area contributed by atoms with E-state index in [1.807, 2.05) is 6.92 Å². The van der Waals surface area contributed by atoms with Gasteiger partial charge in [0.15, 0.2) is 0 Å². The fourth-order valence-corrected chi connectivity index (χ4v) is 1.47. The van der Waals surface area contributed by atoms with E-state index in [1.54, 1.807) is 0 Å². The van der Waals surface area contributed by atoms with E-state index in [4.69, 9.17) is 36.0 Å². The SMILES string of the molecule is CCCCC(CC)C(=O)OCC(N)(CO)CO.OCC(O)CO. The number of hydrogen-bond donors (Lipinski definition) is 6. The van der Waals surface area contributed by atoms with E-state index in [-0.39, 0.29) is 31.7 Å². The predicted molar refractivity (Wildman–Crippen MR) is 85.5 cm³/mol. The van der Waals surface area contributed by atoms with Gasteiger partial charge < -0.3 is 36.0 Å². The monoisotopic (exact) mass is 339 g/mol. The molecule has 0 rings (SSSR count). The number of ether oxygens (including phenoxy) is 1. The van der Waals surface area contributed by atoms with Crippen LogP contribution in [0.2, 0.25) is 0 Å². The number of hydrogen-bond acceptors (Lipinski definition) is 8. The lowest BCUT2D eigenvalue weighted by molar-refractivity contribution is -0.152. The number of nitrogens with two attached hydrogens (primary N) is 1. The molecule has 0 saturated carbocycles. The van der Waals surface area contributed by atoms with Crippen molar-refractivity contribution in [1.29, 1.82) is 0 Å². The highest BCUT2D eigenvalue weighted by Gasteiger charge is 2.27. The van der Waals surface area contributed by atoms with Crippen molar-refractivity contribution in [2.75, 3.05) is 33.0 Å². The summed E-state index contributed by atoms with van der Waals surface area (Å²) >= 11 is 0. The normalized spacial score (nSPS) is 12.6. The smallest absolute Gasteiger partial charge is 0.308 e. The Kier molecular flexibility index (Phi) is 15.8. The van der Waals surface area contributed by atoms with Crippen molar-refractivity contribution >= 4 is 5.97 Å². The highest BCUT2D eigenvalue weighted by atomic mass is 16.5. The van der Waals surface area contributed by atoms with Gasteiger partial charge in [0.25, 0.3) is 0 Å². The third-order valence-corrected chi connectivity index (χ3v) is 3.29. The van der Waals surface area contributed by atoms with Crippen LogP contribution in [0.25, 0.3) is 0 Å². The third kappa shape index (κ3) is 12.3. The van der Waals surface area contributed by atoms with Gasteiger partial charge >= 0.3 is 5.97 Å². The maximum atomic E-state index is 11.7. The number of unbranched alkanes of at least 4 members (excludes halogenated alkanes) is 1. The molecule has 140 valence electrons. The van der Waals surface area contributed by atoms with E-state index in [0.717, 1.165) is 25.7 Å². The van der Waals surface area contributed by atoms with E-state index in [0.29, 0.717) is 0 Å². The van der Waals surface area contributed by atoms with Gasteiger partial charge in [-0.05, 0) is 12.8 Å². The fraction of sp³-hybridized carbons (Fsp3) is 0.933. The summed E-state index contributed by atoms with van der Waals surface area (Å²) in [6.07, 6.45) is 2.61. The highest BCUT2D eigenvalue weighted by Crippen LogP contribution is 2.15. The minimum Gasteiger partial charge on any atom is -0.463 e. The van der Waals surface area contributed by atoms with E-state index in [2.05, 4.69) is 6.92 Å². The van der Waals surface area contributed by atoms with Gasteiger partial charge in [-0.15, -0.1) is 0 Å². The number of carbonyl (C=O) groups excluding carboxylic acids is 1. The van der Waals surface area contributed by atoms with Crippen LogP contribution in [0, 0.1) is 5.92 Å². The number of aliphatic hydroxyl groups is 5. The van der Waals surface area contributed by atoms with Gasteiger partial charge in [0.1, 0.15) is 12.7 Å². The predicted octanol–water partition coefficient (Wildman–Crippen LogP) is -1.24. The van der Waals surface area contributed by atoms with Crippen LogP contribution in [0.3, 0.4) is 0 Å². The molecule has 0 aliphatic carbocycles. The van der Waals surface area contributed by atoms with Crippen molar-refractivity contribution in [3.8, 4) is 0 Å². The third-order valence-electron chi connectivity index (χ3n) is 3.29. The van der Waals surface area contributed by atoms with E-state index in [9.17, 15) is 4.79 Å². The zero-order chi connectivity index (χ0) is 18.3. The summed E-state index contributed by atoms with van der Waals surface area (Å²) < 4.78 is 5.06. The van der Waals surface area contributed by atoms with Crippen LogP contribution in [0.4, 0.5) is 0 Å². The highest BCUT2D eigenvalue weighted by molar-refractivity contribution is 5.72. The largest absolute Gasteiger partial charge is 0.463 e. The van der Waals surface area contributed by atoms with Crippen molar-refractivity contribution in [3.05, 3.63) is 0 Å². The van der Waals surface area contributed by atoms with Gasteiger partial charge in [0.05, 0.1) is 37.9 Å². The summed E-state index contributed by atoms with van der Waals surface area (Å²) in [7, 11) is 0. The Hall–Kier alpha value is -0.770. The van der Waals surface area contributed by atoms with Gasteiger partial charge in [0, 0.05) is 0 Å². The van der Waals surface area contributed by atoms with E-state index in [1.165, 1.54) is 0 Å². The Balaban J connectivity index is 0. The summed E-state index contributed by atoms with van der Waals surface area (Å²) in [4.78, 5) is 11.7. The molecule has 0 amide bonds. The molecule has 8 nitrogen and oxygen atoms in total. The Bertz CT molecular complexity index is 281. The van der Waals surface area contributed by atoms with Crippen LogP contribution in [-0.2, 0) is 9.53 Å². The number of rotatable bonds is 11. The summed E-state index contributed by atoms with van der Waals surface area (Å²) in [5.74, 6) is -0.408. The first-order valence-corrected chi connectivity index (χ1v) is 7.91. The van der Waals surface area contributed by atoms with Crippen LogP contribution >= 0.6 is 0 Å². The lowest BCUT2D eigenvalue weighted by Crippen LogP contribution is -2.52. The van der Waals surface area contributed by atoms with Crippen molar-refractivity contribution in [2.24, 2.45) is 11.7 Å². The molecule has 23 heavy (non-hydrogen) atoms. The molecule has 0 heterocycles. The first-order chi connectivity index (χ1) is 10.8. The second-order valence-corrected chi connectivity index (χ2v) is 5.55. The number of carbonyl (C=O) groups is 1. The van der Waals surface area contributed by atoms with Crippen molar-refractivity contribution in [1.82, 2.24) is 0 Å². The van der Waals surface area contributed by atoms with Crippen LogP contribution in [0.5, 0.6) is 0 Å². The van der Waals surface area contributed by atoms with Crippen molar-refractivity contribution in [2.45, 2.75) is 51.2 Å². The van der Waals surface area contributed by atoms with Crippen molar-refractivity contribution < 1.29 is 35.1 Å². The van der Waals surface area contributed by atoms with E-state index < -0.39 is 24.9 Å². The molecule has 0 aromatic heterocycles. The summed E-state index contributed by atoms with van der Waals surface area (Å²) in [6.45, 7) is 2.30. The van der Waals surface area contributed by atoms with Crippen LogP contribution in [0.15, 0.2) is 0 Å². The second-order valence-electron chi connectivity index (χ2n) is 5.55. The zero-order valence-electron chi connectivity index (χ0n) is 14.1. The minimum absolute atomic E-state index is 0.114. The molecule has 7 N–H and O–H groups in total. The second kappa shape index (κ2) is 14.8. The van der Waals surface area contributed by atoms with Gasteiger partial charge in [-0.25, -0.2) is 0 Å². The van der Waals surface area contributed by atoms with Gasteiger partial charge in [0.2, 0.25) is 0 Å². The molecule has 0 spiro atoms. The summed E-state index contributed by atoms with van der Waals surface area (Å²) in [6, 6.07) is 0. The molecule has 8 heteroatoms. The lowest BCUT2D eigenvalue weighted by atomic mass is 9.99. The maximum Gasteiger partial charge on any atom is 0.308 e. The van der Waals surface area contributed by atoms with Crippen molar-refractivity contribution in [3.63, 3.8) is 0 Å². The molecule has 0 aliphatic rings. The fourth-order valence-electron chi connectivity index (χ4n) is 1.47. The molecule has 1 atom stereocenters. The first kappa shape index (κ1) is 24.5. The molecular weight excluding hydrogens is 306 g/mol. The molecule has 0 radical (unpaired) electrons. The zero-order valence-corrected chi connectivity index (χ0v) is 14.1. The summed E-state index contributed by atoms with van der Waals surface area (Å²) in [5, 5.41) is 41.9. The topological polar surface area (TPSA) is 153 Å². The average molecular weight is 339 g/mol. The molecular formula is C15H33NO7. The Morgan fingerprint density at radius 1 is 1.13 bits per heavy atom. The lowest BCUT2D eigenvalue weighted by Gasteiger charge is -2.25. The number of aliphatic hydroxyl groups excluding tert-OH is 5. The molecule has 1 unspecified atom stereocenters. The Morgan fingerprint density at radius 2 is 1.65 bits per heavy atom. The Morgan fingerprint density at radius 3 is 1.96 bits per heavy atom. The molecule has 0 bridgehead atoms. The molecule has 0 aromatic carbocycles. The Labute approximate surface area is 137 Å². The minimum atomic E-state index is -1.24. The molecule has 0 saturated heterocycles. The van der Waals surface area contributed by atoms with Gasteiger partial charge in [-0.1, -0.05) is 26.7 Å². The van der Waals surface area contributed by atoms with Crippen LogP contribution in [-0.4, -0.2) is 76.2 Å². The first-order valence-electron chi connectivity index (χ1n) is 7.91. The molecule has 0 fully saturated rings. The molecule has 0 aromatic rings. The van der Waals surface area contributed by atoms with Gasteiger partial charge in [-0.2, -0.15) is 0 Å². The number of esters is 1. The standard InChI is InChI=1S/C12H25NO4.C3H8O3/c1-3-5-6-10(4-2)11(16)17-9-12(13,7-14)8-15;4-1-3(6)2-5/h10,14-15H,3-9,13H2,1-2H3;3-6H,1-2H2. The molecule has 0 aliphatic heterocycles. The quantitative estimate of drug-likeness (QED) is 0.256. The van der Waals surface area contributed by atoms with Crippen LogP contribution < -0.4 is 5.73 Å². The van der Waals surface area contributed by atoms with E-state index >= 15 is 0 Å². The average Bonchev–Trinajstić information content (AvgIpc) is 2.60. The summed E-state index contributed by atoms with van der Waals surface area (Å²) in [5.41, 5.74) is 4.37. The maximum absolute atomic E-state index is 11.7. The van der Waals surface area contributed by atoms with Gasteiger partial charge in [-0.3, -0.25) is 4.79 Å².